The van der Waals surface area contributed by atoms with Crippen molar-refractivity contribution in [3.8, 4) is 11.5 Å². The smallest absolute Gasteiger partial charge is 0.387 e. The number of nitrogens with zero attached hydrogens (tertiary/aromatic N) is 2. The number of alkyl halides is 2. The van der Waals surface area contributed by atoms with Gasteiger partial charge in [-0.3, -0.25) is 4.79 Å². The van der Waals surface area contributed by atoms with E-state index in [4.69, 9.17) is 9.47 Å². The second kappa shape index (κ2) is 7.54. The highest BCUT2D eigenvalue weighted by Crippen LogP contribution is 2.31. The predicted molar refractivity (Wildman–Crippen MR) is 76.8 cm³/mol. The molecule has 7 nitrogen and oxygen atoms in total. The topological polar surface area (TPSA) is 74.6 Å². The third-order valence-corrected chi connectivity index (χ3v) is 2.77. The van der Waals surface area contributed by atoms with Gasteiger partial charge in [-0.1, -0.05) is 0 Å². The molecule has 0 fully saturated rings. The van der Waals surface area contributed by atoms with Crippen molar-refractivity contribution < 1.29 is 27.8 Å². The number of hydrogen-bond donors (Lipinski definition) is 1. The molecule has 1 amide bonds. The molecule has 124 valence electrons. The number of benzene rings is 1. The van der Waals surface area contributed by atoms with Crippen LogP contribution >= 0.6 is 0 Å². The SMILES string of the molecule is COCn1ccc(C(=O)Nc2ccc(OC(F)F)c(OC)c2)n1. The standard InChI is InChI=1S/C14H15F2N3O4/c1-21-8-19-6-5-10(18-19)13(20)17-9-3-4-11(23-14(15)16)12(7-9)22-2/h3-7,14H,8H2,1-2H3,(H,17,20). The Labute approximate surface area is 130 Å². The van der Waals surface area contributed by atoms with Crippen LogP contribution in [0, 0.1) is 0 Å². The van der Waals surface area contributed by atoms with Crippen LogP contribution in [0.5, 0.6) is 11.5 Å². The average molecular weight is 327 g/mol. The van der Waals surface area contributed by atoms with E-state index in [1.54, 1.807) is 6.20 Å². The monoisotopic (exact) mass is 327 g/mol. The largest absolute Gasteiger partial charge is 0.493 e. The molecular weight excluding hydrogens is 312 g/mol. The third kappa shape index (κ3) is 4.39. The van der Waals surface area contributed by atoms with Crippen LogP contribution in [0.1, 0.15) is 10.5 Å². The molecule has 0 bridgehead atoms. The Bertz CT molecular complexity index is 676. The fourth-order valence-electron chi connectivity index (χ4n) is 1.82. The number of anilines is 1. The quantitative estimate of drug-likeness (QED) is 0.845. The molecule has 0 radical (unpaired) electrons. The Morgan fingerprint density at radius 1 is 1.30 bits per heavy atom. The molecule has 2 aromatic rings. The number of halogens is 2. The molecule has 1 heterocycles. The summed E-state index contributed by atoms with van der Waals surface area (Å²) in [6.07, 6.45) is 1.60. The summed E-state index contributed by atoms with van der Waals surface area (Å²) in [7, 11) is 2.82. The second-order valence-electron chi connectivity index (χ2n) is 4.36. The first kappa shape index (κ1) is 16.7. The Morgan fingerprint density at radius 3 is 2.74 bits per heavy atom. The first-order valence-electron chi connectivity index (χ1n) is 6.50. The summed E-state index contributed by atoms with van der Waals surface area (Å²) in [6, 6.07) is 5.61. The van der Waals surface area contributed by atoms with E-state index in [-0.39, 0.29) is 23.9 Å². The van der Waals surface area contributed by atoms with E-state index in [1.165, 1.54) is 43.2 Å². The number of carbonyl (C=O) groups is 1. The lowest BCUT2D eigenvalue weighted by atomic mass is 10.2. The van der Waals surface area contributed by atoms with E-state index in [1.807, 2.05) is 0 Å². The third-order valence-electron chi connectivity index (χ3n) is 2.77. The number of ether oxygens (including phenoxy) is 3. The van der Waals surface area contributed by atoms with Crippen LogP contribution in [-0.2, 0) is 11.5 Å². The summed E-state index contributed by atoms with van der Waals surface area (Å²) in [6.45, 7) is -2.74. The summed E-state index contributed by atoms with van der Waals surface area (Å²) < 4.78 is 40.2. The maximum atomic E-state index is 12.3. The van der Waals surface area contributed by atoms with Crippen molar-refractivity contribution in [1.82, 2.24) is 9.78 Å². The molecule has 1 aromatic heterocycles. The van der Waals surface area contributed by atoms with Crippen molar-refractivity contribution in [2.75, 3.05) is 19.5 Å². The van der Waals surface area contributed by atoms with Crippen LogP contribution in [0.3, 0.4) is 0 Å². The molecule has 0 aliphatic heterocycles. The zero-order valence-electron chi connectivity index (χ0n) is 12.5. The van der Waals surface area contributed by atoms with E-state index in [0.717, 1.165) is 0 Å². The van der Waals surface area contributed by atoms with Crippen molar-refractivity contribution >= 4 is 11.6 Å². The minimum Gasteiger partial charge on any atom is -0.493 e. The molecule has 0 aliphatic rings. The summed E-state index contributed by atoms with van der Waals surface area (Å²) in [4.78, 5) is 12.1. The molecule has 0 atom stereocenters. The summed E-state index contributed by atoms with van der Waals surface area (Å²) in [5.74, 6) is -0.498. The zero-order valence-corrected chi connectivity index (χ0v) is 12.5. The molecule has 9 heteroatoms. The van der Waals surface area contributed by atoms with Gasteiger partial charge in [0.1, 0.15) is 6.73 Å². The molecule has 23 heavy (non-hydrogen) atoms. The first-order valence-corrected chi connectivity index (χ1v) is 6.50. The number of amides is 1. The van der Waals surface area contributed by atoms with Crippen LogP contribution < -0.4 is 14.8 Å². The fourth-order valence-corrected chi connectivity index (χ4v) is 1.82. The normalized spacial score (nSPS) is 10.7. The van der Waals surface area contributed by atoms with E-state index in [2.05, 4.69) is 15.2 Å². The number of carbonyl (C=O) groups excluding carboxylic acids is 1. The maximum Gasteiger partial charge on any atom is 0.387 e. The number of hydrogen-bond acceptors (Lipinski definition) is 5. The Morgan fingerprint density at radius 2 is 2.09 bits per heavy atom. The lowest BCUT2D eigenvalue weighted by Gasteiger charge is -2.11. The van der Waals surface area contributed by atoms with Gasteiger partial charge in [-0.05, 0) is 18.2 Å². The summed E-state index contributed by atoms with van der Waals surface area (Å²) in [5.41, 5.74) is 0.545. The number of methoxy groups -OCH3 is 2. The van der Waals surface area contributed by atoms with Crippen LogP contribution in [0.2, 0.25) is 0 Å². The van der Waals surface area contributed by atoms with E-state index >= 15 is 0 Å². The molecule has 0 saturated heterocycles. The van der Waals surface area contributed by atoms with Gasteiger partial charge >= 0.3 is 6.61 Å². The molecule has 1 aromatic carbocycles. The van der Waals surface area contributed by atoms with Crippen molar-refractivity contribution in [2.45, 2.75) is 13.3 Å². The Balaban J connectivity index is 2.10. The van der Waals surface area contributed by atoms with Crippen molar-refractivity contribution in [2.24, 2.45) is 0 Å². The lowest BCUT2D eigenvalue weighted by molar-refractivity contribution is -0.0512. The average Bonchev–Trinajstić information content (AvgIpc) is 2.97. The predicted octanol–water partition coefficient (Wildman–Crippen LogP) is 2.35. The fraction of sp³-hybridized carbons (Fsp3) is 0.286. The van der Waals surface area contributed by atoms with Crippen molar-refractivity contribution in [1.29, 1.82) is 0 Å². The van der Waals surface area contributed by atoms with Gasteiger partial charge in [0, 0.05) is 25.1 Å². The lowest BCUT2D eigenvalue weighted by Crippen LogP contribution is -2.14. The molecule has 1 N–H and O–H groups in total. The molecular formula is C14H15F2N3O4. The van der Waals surface area contributed by atoms with Crippen molar-refractivity contribution in [3.63, 3.8) is 0 Å². The highest BCUT2D eigenvalue weighted by molar-refractivity contribution is 6.02. The number of nitrogens with one attached hydrogen (secondary N) is 1. The van der Waals surface area contributed by atoms with Gasteiger partial charge in [0.15, 0.2) is 17.2 Å². The van der Waals surface area contributed by atoms with Crippen LogP contribution in [-0.4, -0.2) is 36.5 Å². The number of aromatic nitrogens is 2. The maximum absolute atomic E-state index is 12.3. The molecule has 0 unspecified atom stereocenters. The molecule has 0 spiro atoms. The molecule has 2 rings (SSSR count). The van der Waals surface area contributed by atoms with Crippen LogP contribution in [0.25, 0.3) is 0 Å². The molecule has 0 aliphatic carbocycles. The van der Waals surface area contributed by atoms with Gasteiger partial charge < -0.3 is 19.5 Å². The van der Waals surface area contributed by atoms with Gasteiger partial charge in [0.2, 0.25) is 0 Å². The van der Waals surface area contributed by atoms with E-state index < -0.39 is 12.5 Å². The van der Waals surface area contributed by atoms with Gasteiger partial charge in [-0.15, -0.1) is 0 Å². The van der Waals surface area contributed by atoms with Gasteiger partial charge in [-0.25, -0.2) is 4.68 Å². The summed E-state index contributed by atoms with van der Waals surface area (Å²) in [5, 5.41) is 6.61. The second-order valence-corrected chi connectivity index (χ2v) is 4.36. The minimum atomic E-state index is -2.96. The zero-order chi connectivity index (χ0) is 16.8. The minimum absolute atomic E-state index is 0.0769. The highest BCUT2D eigenvalue weighted by atomic mass is 19.3. The van der Waals surface area contributed by atoms with Gasteiger partial charge in [-0.2, -0.15) is 13.9 Å². The van der Waals surface area contributed by atoms with Crippen LogP contribution in [0.4, 0.5) is 14.5 Å². The highest BCUT2D eigenvalue weighted by Gasteiger charge is 2.14. The Kier molecular flexibility index (Phi) is 5.47. The van der Waals surface area contributed by atoms with Gasteiger partial charge in [0.25, 0.3) is 5.91 Å². The molecule has 0 saturated carbocycles. The van der Waals surface area contributed by atoms with Crippen LogP contribution in [0.15, 0.2) is 30.5 Å². The van der Waals surface area contributed by atoms with E-state index in [9.17, 15) is 13.6 Å². The Hall–Kier alpha value is -2.68. The van der Waals surface area contributed by atoms with E-state index in [0.29, 0.717) is 5.69 Å². The van der Waals surface area contributed by atoms with Crippen molar-refractivity contribution in [3.05, 3.63) is 36.2 Å². The summed E-state index contributed by atoms with van der Waals surface area (Å²) >= 11 is 0. The first-order chi connectivity index (χ1) is 11.0. The number of rotatable bonds is 7. The van der Waals surface area contributed by atoms with Gasteiger partial charge in [0.05, 0.1) is 7.11 Å².